The van der Waals surface area contributed by atoms with E-state index in [9.17, 15) is 4.79 Å². The first-order valence-corrected chi connectivity index (χ1v) is 6.48. The lowest BCUT2D eigenvalue weighted by molar-refractivity contribution is -0.120. The molecule has 1 aliphatic heterocycles. The molecule has 1 saturated heterocycles. The summed E-state index contributed by atoms with van der Waals surface area (Å²) >= 11 is 0. The molecular formula is C13H21N3O2. The summed E-state index contributed by atoms with van der Waals surface area (Å²) in [6, 6.07) is 0. The number of carbonyl (C=O) groups excluding carboxylic acids is 1. The van der Waals surface area contributed by atoms with E-state index in [4.69, 9.17) is 4.74 Å². The quantitative estimate of drug-likeness (QED) is 0.872. The van der Waals surface area contributed by atoms with Crippen molar-refractivity contribution in [2.24, 2.45) is 13.0 Å². The zero-order valence-electron chi connectivity index (χ0n) is 11.3. The molecule has 1 aromatic rings. The van der Waals surface area contributed by atoms with Crippen LogP contribution >= 0.6 is 0 Å². The molecule has 0 spiro atoms. The van der Waals surface area contributed by atoms with Gasteiger partial charge in [0.1, 0.15) is 5.82 Å². The second-order valence-electron chi connectivity index (χ2n) is 4.91. The van der Waals surface area contributed by atoms with Gasteiger partial charge in [0, 0.05) is 31.7 Å². The third kappa shape index (κ3) is 2.72. The minimum absolute atomic E-state index is 0.0575. The van der Waals surface area contributed by atoms with E-state index >= 15 is 0 Å². The number of nitrogens with one attached hydrogen (secondary N) is 1. The summed E-state index contributed by atoms with van der Waals surface area (Å²) in [5, 5.41) is 7.31. The Morgan fingerprint density at radius 2 is 2.17 bits per heavy atom. The Labute approximate surface area is 108 Å². The fourth-order valence-electron chi connectivity index (χ4n) is 2.32. The molecule has 0 aliphatic carbocycles. The highest BCUT2D eigenvalue weighted by molar-refractivity contribution is 5.92. The smallest absolute Gasteiger partial charge is 0.228 e. The molecule has 1 N–H and O–H groups in total. The third-order valence-electron chi connectivity index (χ3n) is 3.59. The SMILES string of the molecule is Cc1nn(C)c(NC(=O)C2CCCOCC2)c1C. The predicted molar refractivity (Wildman–Crippen MR) is 69.5 cm³/mol. The lowest BCUT2D eigenvalue weighted by atomic mass is 10.00. The van der Waals surface area contributed by atoms with Gasteiger partial charge in [0.25, 0.3) is 0 Å². The van der Waals surface area contributed by atoms with Crippen molar-refractivity contribution in [3.63, 3.8) is 0 Å². The fraction of sp³-hybridized carbons (Fsp3) is 0.692. The molecule has 0 saturated carbocycles. The van der Waals surface area contributed by atoms with Crippen molar-refractivity contribution in [3.05, 3.63) is 11.3 Å². The zero-order chi connectivity index (χ0) is 13.1. The van der Waals surface area contributed by atoms with Crippen LogP contribution in [0.3, 0.4) is 0 Å². The van der Waals surface area contributed by atoms with Crippen LogP contribution in [0.1, 0.15) is 30.5 Å². The van der Waals surface area contributed by atoms with Crippen LogP contribution in [0.2, 0.25) is 0 Å². The van der Waals surface area contributed by atoms with Gasteiger partial charge in [-0.1, -0.05) is 0 Å². The molecule has 18 heavy (non-hydrogen) atoms. The Kier molecular flexibility index (Phi) is 4.01. The largest absolute Gasteiger partial charge is 0.381 e. The summed E-state index contributed by atoms with van der Waals surface area (Å²) < 4.78 is 7.11. The van der Waals surface area contributed by atoms with E-state index in [1.807, 2.05) is 20.9 Å². The van der Waals surface area contributed by atoms with Crippen molar-refractivity contribution in [1.82, 2.24) is 9.78 Å². The Hall–Kier alpha value is -1.36. The van der Waals surface area contributed by atoms with Crippen LogP contribution in [0.15, 0.2) is 0 Å². The van der Waals surface area contributed by atoms with E-state index in [1.165, 1.54) is 0 Å². The predicted octanol–water partition coefficient (Wildman–Crippen LogP) is 1.79. The number of anilines is 1. The summed E-state index contributed by atoms with van der Waals surface area (Å²) in [5.74, 6) is 0.955. The summed E-state index contributed by atoms with van der Waals surface area (Å²) in [6.45, 7) is 5.38. The number of amides is 1. The first kappa shape index (κ1) is 13.1. The molecule has 100 valence electrons. The highest BCUT2D eigenvalue weighted by Gasteiger charge is 2.22. The maximum atomic E-state index is 12.2. The summed E-state index contributed by atoms with van der Waals surface area (Å²) in [5.41, 5.74) is 1.99. The van der Waals surface area contributed by atoms with Gasteiger partial charge in [-0.2, -0.15) is 5.10 Å². The number of aromatic nitrogens is 2. The van der Waals surface area contributed by atoms with Crippen molar-refractivity contribution in [2.75, 3.05) is 18.5 Å². The van der Waals surface area contributed by atoms with Crippen molar-refractivity contribution in [1.29, 1.82) is 0 Å². The Bertz CT molecular complexity index is 432. The number of carbonyl (C=O) groups is 1. The van der Waals surface area contributed by atoms with E-state index in [2.05, 4.69) is 10.4 Å². The van der Waals surface area contributed by atoms with Gasteiger partial charge in [0.2, 0.25) is 5.91 Å². The van der Waals surface area contributed by atoms with Crippen LogP contribution in [-0.4, -0.2) is 28.9 Å². The van der Waals surface area contributed by atoms with Crippen LogP contribution in [0, 0.1) is 19.8 Å². The number of aryl methyl sites for hydroxylation is 2. The first-order chi connectivity index (χ1) is 8.59. The zero-order valence-corrected chi connectivity index (χ0v) is 11.3. The van der Waals surface area contributed by atoms with Crippen molar-refractivity contribution in [3.8, 4) is 0 Å². The van der Waals surface area contributed by atoms with Gasteiger partial charge >= 0.3 is 0 Å². The molecule has 0 aromatic carbocycles. The van der Waals surface area contributed by atoms with Crippen LogP contribution in [0.25, 0.3) is 0 Å². The third-order valence-corrected chi connectivity index (χ3v) is 3.59. The fourth-order valence-corrected chi connectivity index (χ4v) is 2.32. The van der Waals surface area contributed by atoms with Crippen molar-refractivity contribution < 1.29 is 9.53 Å². The van der Waals surface area contributed by atoms with Crippen LogP contribution < -0.4 is 5.32 Å². The molecule has 1 fully saturated rings. The average molecular weight is 251 g/mol. The number of hydrogen-bond donors (Lipinski definition) is 1. The highest BCUT2D eigenvalue weighted by atomic mass is 16.5. The van der Waals surface area contributed by atoms with Crippen LogP contribution in [-0.2, 0) is 16.6 Å². The number of ether oxygens (including phenoxy) is 1. The molecule has 1 unspecified atom stereocenters. The highest BCUT2D eigenvalue weighted by Crippen LogP contribution is 2.21. The summed E-state index contributed by atoms with van der Waals surface area (Å²) in [7, 11) is 1.85. The van der Waals surface area contributed by atoms with Gasteiger partial charge < -0.3 is 10.1 Å². The van der Waals surface area contributed by atoms with Gasteiger partial charge in [-0.25, -0.2) is 0 Å². The lowest BCUT2D eigenvalue weighted by Crippen LogP contribution is -2.24. The van der Waals surface area contributed by atoms with E-state index in [1.54, 1.807) is 4.68 Å². The topological polar surface area (TPSA) is 56.2 Å². The second kappa shape index (κ2) is 5.52. The molecule has 1 amide bonds. The molecule has 2 heterocycles. The molecule has 5 heteroatoms. The minimum Gasteiger partial charge on any atom is -0.381 e. The maximum Gasteiger partial charge on any atom is 0.228 e. The number of rotatable bonds is 2. The molecule has 0 radical (unpaired) electrons. The summed E-state index contributed by atoms with van der Waals surface area (Å²) in [6.07, 6.45) is 2.67. The molecule has 2 rings (SSSR count). The molecule has 0 bridgehead atoms. The standard InChI is InChI=1S/C13H21N3O2/c1-9-10(2)15-16(3)12(9)14-13(17)11-5-4-7-18-8-6-11/h11H,4-8H2,1-3H3,(H,14,17). The number of nitrogens with zero attached hydrogens (tertiary/aromatic N) is 2. The van der Waals surface area contributed by atoms with Gasteiger partial charge in [-0.3, -0.25) is 9.48 Å². The maximum absolute atomic E-state index is 12.2. The van der Waals surface area contributed by atoms with E-state index in [-0.39, 0.29) is 11.8 Å². The van der Waals surface area contributed by atoms with Crippen molar-refractivity contribution >= 4 is 11.7 Å². The molecule has 1 aliphatic rings. The van der Waals surface area contributed by atoms with E-state index < -0.39 is 0 Å². The molecule has 1 aromatic heterocycles. The Morgan fingerprint density at radius 1 is 1.39 bits per heavy atom. The monoisotopic (exact) mass is 251 g/mol. The van der Waals surface area contributed by atoms with Crippen molar-refractivity contribution in [2.45, 2.75) is 33.1 Å². The number of hydrogen-bond acceptors (Lipinski definition) is 3. The Balaban J connectivity index is 2.06. The normalized spacial score (nSPS) is 20.5. The van der Waals surface area contributed by atoms with Gasteiger partial charge in [0.05, 0.1) is 5.69 Å². The van der Waals surface area contributed by atoms with Crippen LogP contribution in [0.5, 0.6) is 0 Å². The van der Waals surface area contributed by atoms with Gasteiger partial charge in [-0.05, 0) is 33.1 Å². The average Bonchev–Trinajstić information content (AvgIpc) is 2.58. The minimum atomic E-state index is 0.0575. The first-order valence-electron chi connectivity index (χ1n) is 6.48. The molecular weight excluding hydrogens is 230 g/mol. The van der Waals surface area contributed by atoms with Gasteiger partial charge in [0.15, 0.2) is 0 Å². The van der Waals surface area contributed by atoms with Crippen LogP contribution in [0.4, 0.5) is 5.82 Å². The molecule has 5 nitrogen and oxygen atoms in total. The van der Waals surface area contributed by atoms with E-state index in [0.717, 1.165) is 42.9 Å². The van der Waals surface area contributed by atoms with E-state index in [0.29, 0.717) is 6.61 Å². The second-order valence-corrected chi connectivity index (χ2v) is 4.91. The summed E-state index contributed by atoms with van der Waals surface area (Å²) in [4.78, 5) is 12.2. The lowest BCUT2D eigenvalue weighted by Gasteiger charge is -2.14. The van der Waals surface area contributed by atoms with Gasteiger partial charge in [-0.15, -0.1) is 0 Å². The Morgan fingerprint density at radius 3 is 2.83 bits per heavy atom. The molecule has 1 atom stereocenters.